The Hall–Kier alpha value is -1.13. The number of para-hydroxylation sites is 2. The van der Waals surface area contributed by atoms with E-state index >= 15 is 0 Å². The normalized spacial score (nSPS) is 23.3. The van der Waals surface area contributed by atoms with Crippen LogP contribution in [0.1, 0.15) is 71.5 Å². The minimum absolute atomic E-state index is 0.0857. The van der Waals surface area contributed by atoms with Crippen molar-refractivity contribution in [3.05, 3.63) is 40.3 Å². The topological polar surface area (TPSA) is 104 Å². The van der Waals surface area contributed by atoms with E-state index < -0.39 is 5.41 Å². The molecule has 4 rings (SSSR count). The zero-order chi connectivity index (χ0) is 27.4. The molecule has 2 aliphatic heterocycles. The van der Waals surface area contributed by atoms with Crippen molar-refractivity contribution in [3.8, 4) is 0 Å². The predicted octanol–water partition coefficient (Wildman–Crippen LogP) is 4.25. The van der Waals surface area contributed by atoms with E-state index in [1.54, 1.807) is 23.0 Å². The average Bonchev–Trinajstić information content (AvgIpc) is 3.23. The molecule has 1 aromatic heterocycles. The molecule has 38 heavy (non-hydrogen) atoms. The standard InChI is InChI=1S/C27H36IN4O5.Tl/c1-16(14-33)15-36-31-23(17(2)13-27(3,4)26(35)37-28)24-25(34)32(22-8-6-5-7-21(22)30-24)20-11-18-9-10-19(12-20)29-18;/h5-8,16-20,29H,9-15H2,1-4H3;/q-1;+1/b31-23+;. The second kappa shape index (κ2) is 13.0. The third kappa shape index (κ3) is 6.77. The van der Waals surface area contributed by atoms with E-state index in [4.69, 9.17) is 15.6 Å². The number of nitrogens with one attached hydrogen (secondary N) is 1. The Bertz CT molecular complexity index is 1220. The first-order valence-corrected chi connectivity index (χ1v) is 16.0. The van der Waals surface area contributed by atoms with Gasteiger partial charge >= 0.3 is 197 Å². The van der Waals surface area contributed by atoms with Gasteiger partial charge in [0.25, 0.3) is 0 Å². The number of hydrogen-bond donors (Lipinski definition) is 1. The van der Waals surface area contributed by atoms with Crippen molar-refractivity contribution in [2.45, 2.75) is 77.9 Å². The molecular weight excluding hydrogens is 792 g/mol. The first-order chi connectivity index (χ1) is 18.1. The summed E-state index contributed by atoms with van der Waals surface area (Å²) < 4.78 is 12.3. The predicted molar refractivity (Wildman–Crippen MR) is 155 cm³/mol. The smallest absolute Gasteiger partial charge is 0.196 e. The molecule has 1 N–H and O–H groups in total. The summed E-state index contributed by atoms with van der Waals surface area (Å²) >= 11 is 2.09. The molecule has 0 radical (unpaired) electrons. The molecule has 2 fully saturated rings. The number of benzene rings is 1. The number of nitrogens with zero attached hydrogens (tertiary/aromatic N) is 3. The SMILES string of the molecule is CC(C[O][Tl])CO/N=C(/c1nc2ccccc2n(C2CC3CCC(C2)N3)c1=O)C(C)CC(C)(C)C(=O)OI. The van der Waals surface area contributed by atoms with Crippen LogP contribution in [0.4, 0.5) is 0 Å². The number of rotatable bonds is 11. The quantitative estimate of drug-likeness (QED) is 0.157. The van der Waals surface area contributed by atoms with Gasteiger partial charge in [0.1, 0.15) is 0 Å². The van der Waals surface area contributed by atoms with Gasteiger partial charge in [-0.15, -0.1) is 0 Å². The summed E-state index contributed by atoms with van der Waals surface area (Å²) in [5, 5.41) is 8.19. The summed E-state index contributed by atoms with van der Waals surface area (Å²) in [4.78, 5) is 37.4. The van der Waals surface area contributed by atoms with Gasteiger partial charge in [-0.3, -0.25) is 0 Å². The molecule has 4 atom stereocenters. The van der Waals surface area contributed by atoms with E-state index in [1.807, 2.05) is 56.5 Å². The molecule has 4 unspecified atom stereocenters. The number of fused-ring (bicyclic) bond motifs is 3. The van der Waals surface area contributed by atoms with Crippen LogP contribution in [0.2, 0.25) is 0 Å². The van der Waals surface area contributed by atoms with Crippen LogP contribution in [0.3, 0.4) is 0 Å². The van der Waals surface area contributed by atoms with Crippen molar-refractivity contribution in [1.29, 1.82) is 0 Å². The monoisotopic (exact) mass is 828 g/mol. The third-order valence-corrected chi connectivity index (χ3v) is 8.81. The zero-order valence-corrected chi connectivity index (χ0v) is 29.1. The summed E-state index contributed by atoms with van der Waals surface area (Å²) in [5.41, 5.74) is 1.40. The number of carbonyl (C=O) groups excluding carboxylic acids is 1. The molecule has 0 saturated carbocycles. The van der Waals surface area contributed by atoms with Crippen molar-refractivity contribution >= 4 is 71.9 Å². The second-order valence-corrected chi connectivity index (χ2v) is 13.2. The molecule has 2 aliphatic rings. The van der Waals surface area contributed by atoms with E-state index in [0.717, 1.165) is 36.7 Å². The minimum atomic E-state index is -0.777. The van der Waals surface area contributed by atoms with Crippen molar-refractivity contribution < 1.29 is 15.4 Å². The molecule has 11 heteroatoms. The molecule has 2 saturated heterocycles. The van der Waals surface area contributed by atoms with Crippen molar-refractivity contribution in [3.63, 3.8) is 0 Å². The van der Waals surface area contributed by atoms with Crippen LogP contribution in [-0.4, -0.2) is 72.7 Å². The molecule has 0 spiro atoms. The summed E-state index contributed by atoms with van der Waals surface area (Å²) in [6.07, 6.45) is 4.54. The molecule has 1 aromatic carbocycles. The van der Waals surface area contributed by atoms with Crippen LogP contribution in [0.25, 0.3) is 11.0 Å². The van der Waals surface area contributed by atoms with Crippen molar-refractivity contribution in [1.82, 2.24) is 14.9 Å². The Balaban J connectivity index is 1.79. The van der Waals surface area contributed by atoms with Crippen LogP contribution >= 0.6 is 23.0 Å². The number of oxime groups is 1. The maximum atomic E-state index is 14.3. The van der Waals surface area contributed by atoms with Crippen molar-refractivity contribution in [2.24, 2.45) is 22.4 Å². The Kier molecular flexibility index (Phi) is 10.2. The molecule has 9 nitrogen and oxygen atoms in total. The number of aromatic nitrogens is 2. The van der Waals surface area contributed by atoms with Gasteiger partial charge in [0.15, 0.2) is 23.0 Å². The van der Waals surface area contributed by atoms with Crippen molar-refractivity contribution in [2.75, 3.05) is 13.2 Å². The minimum Gasteiger partial charge on any atom is 0.196 e. The number of carbonyl (C=O) groups is 1. The van der Waals surface area contributed by atoms with Gasteiger partial charge in [-0.1, -0.05) is 6.07 Å². The van der Waals surface area contributed by atoms with Gasteiger partial charge in [-0.2, -0.15) is 0 Å². The molecule has 3 heterocycles. The number of hydrogen-bond acceptors (Lipinski definition) is 8. The Morgan fingerprint density at radius 1 is 1.24 bits per heavy atom. The van der Waals surface area contributed by atoms with Gasteiger partial charge in [0.2, 0.25) is 0 Å². The number of piperidine rings is 1. The molecule has 0 aliphatic carbocycles. The van der Waals surface area contributed by atoms with E-state index in [1.165, 1.54) is 0 Å². The van der Waals surface area contributed by atoms with E-state index in [9.17, 15) is 9.59 Å². The molecule has 204 valence electrons. The molecule has 2 aromatic rings. The van der Waals surface area contributed by atoms with Gasteiger partial charge in [-0.05, 0) is 12.8 Å². The Morgan fingerprint density at radius 2 is 1.92 bits per heavy atom. The van der Waals surface area contributed by atoms with Crippen LogP contribution in [0, 0.1) is 17.3 Å². The van der Waals surface area contributed by atoms with Gasteiger partial charge in [-0.25, -0.2) is 0 Å². The fourth-order valence-corrected chi connectivity index (χ4v) is 7.66. The fourth-order valence-electron chi connectivity index (χ4n) is 5.78. The maximum absolute atomic E-state index is 14.3. The molecule has 0 amide bonds. The number of halogens is 1. The first kappa shape index (κ1) is 29.8. The second-order valence-electron chi connectivity index (χ2n) is 11.5. The summed E-state index contributed by atoms with van der Waals surface area (Å²) in [6, 6.07) is 8.76. The summed E-state index contributed by atoms with van der Waals surface area (Å²) in [6.45, 7) is 8.64. The van der Waals surface area contributed by atoms with Crippen LogP contribution in [0.5, 0.6) is 0 Å². The van der Waals surface area contributed by atoms with Gasteiger partial charge < -0.3 is 5.32 Å². The van der Waals surface area contributed by atoms with E-state index in [-0.39, 0.29) is 35.1 Å². The van der Waals surface area contributed by atoms with Gasteiger partial charge in [0.05, 0.1) is 0 Å². The first-order valence-electron chi connectivity index (χ1n) is 13.3. The zero-order valence-electron chi connectivity index (χ0n) is 22.5. The third-order valence-electron chi connectivity index (χ3n) is 7.66. The Labute approximate surface area is 254 Å². The van der Waals surface area contributed by atoms with E-state index in [0.29, 0.717) is 63.6 Å². The van der Waals surface area contributed by atoms with E-state index in [2.05, 4.69) is 10.5 Å². The molecule has 2 bridgehead atoms. The fraction of sp³-hybridized carbons (Fsp3) is 0.630. The van der Waals surface area contributed by atoms with Crippen LogP contribution < -0.4 is 10.9 Å². The summed E-state index contributed by atoms with van der Waals surface area (Å²) in [5.74, 6) is -0.443. The summed E-state index contributed by atoms with van der Waals surface area (Å²) in [7, 11) is 0. The van der Waals surface area contributed by atoms with Crippen LogP contribution in [0.15, 0.2) is 34.2 Å². The molecular formula is C27H36IN4O5Tl. The average molecular weight is 828 g/mol. The van der Waals surface area contributed by atoms with Gasteiger partial charge in [0, 0.05) is 12.1 Å². The Morgan fingerprint density at radius 3 is 2.58 bits per heavy atom. The van der Waals surface area contributed by atoms with Crippen LogP contribution in [-0.2, 0) is 15.4 Å².